The minimum Gasteiger partial charge on any atom is -0.473 e. The van der Waals surface area contributed by atoms with E-state index in [1.165, 1.54) is 22.9 Å². The molecule has 5 aromatic rings. The summed E-state index contributed by atoms with van der Waals surface area (Å²) in [5, 5.41) is 11.4. The van der Waals surface area contributed by atoms with Gasteiger partial charge in [-0.1, -0.05) is 43.2 Å². The van der Waals surface area contributed by atoms with Crippen LogP contribution in [0.1, 0.15) is 67.4 Å². The number of aromatic nitrogens is 3. The van der Waals surface area contributed by atoms with Crippen molar-refractivity contribution in [1.82, 2.24) is 29.5 Å². The largest absolute Gasteiger partial charge is 0.473 e. The van der Waals surface area contributed by atoms with Crippen molar-refractivity contribution in [3.8, 4) is 23.4 Å². The Hall–Kier alpha value is -5.57. The van der Waals surface area contributed by atoms with Crippen LogP contribution in [0.2, 0.25) is 5.02 Å². The molecule has 3 aliphatic heterocycles. The Morgan fingerprint density at radius 1 is 1.00 bits per heavy atom. The van der Waals surface area contributed by atoms with Crippen LogP contribution in [0.3, 0.4) is 0 Å². The number of rotatable bonds is 13. The Bertz CT molecular complexity index is 2760. The molecule has 9 rings (SSSR count). The molecule has 0 spiro atoms. The molecule has 3 aromatic heterocycles. The molecular weight excluding hydrogens is 871 g/mol. The highest BCUT2D eigenvalue weighted by Gasteiger charge is 2.39. The molecular formula is C48H52ClFN8O6S. The van der Waals surface area contributed by atoms with Crippen molar-refractivity contribution >= 4 is 49.8 Å². The fourth-order valence-corrected chi connectivity index (χ4v) is 10.1. The molecule has 0 saturated carbocycles. The number of sulfonamides is 1. The molecule has 6 heterocycles. The standard InChI is InChI=1S/C48H52ClFN8O6S/c1-47(2)11-9-34(42(24-47)32-3-5-36(49)6-4-32)28-56-17-19-58(20-18-56)37-7-8-41(43(23-37)64-39-21-33-10-14-52-44(33)53-26-39)45(59)55-65(60,61)40-22-35(25-51)46(54-27-40)63-31-48(50)12-15-57(16-13-48)38-29-62-30-38/h3-8,10,14,21-23,26-27,38H,9,11-13,15-20,24,28-31H2,1-2H3,(H,52,53)(H,55,59). The molecule has 14 nitrogen and oxygen atoms in total. The van der Waals surface area contributed by atoms with Gasteiger partial charge in [0.25, 0.3) is 15.9 Å². The van der Waals surface area contributed by atoms with E-state index in [2.05, 4.69) is 60.4 Å². The van der Waals surface area contributed by atoms with Gasteiger partial charge in [-0.3, -0.25) is 14.6 Å². The first-order valence-electron chi connectivity index (χ1n) is 22.0. The van der Waals surface area contributed by atoms with Gasteiger partial charge in [0.05, 0.1) is 37.2 Å². The first-order valence-corrected chi connectivity index (χ1v) is 23.9. The van der Waals surface area contributed by atoms with E-state index in [9.17, 15) is 18.5 Å². The first kappa shape index (κ1) is 44.6. The van der Waals surface area contributed by atoms with E-state index in [-0.39, 0.29) is 47.6 Å². The van der Waals surface area contributed by atoms with Crippen LogP contribution in [0, 0.1) is 16.7 Å². The summed E-state index contributed by atoms with van der Waals surface area (Å²) in [4.78, 5) is 32.0. The van der Waals surface area contributed by atoms with E-state index < -0.39 is 26.5 Å². The van der Waals surface area contributed by atoms with Crippen molar-refractivity contribution in [3.05, 3.63) is 107 Å². The molecule has 340 valence electrons. The third-order valence-corrected chi connectivity index (χ3v) is 14.7. The number of alkyl halides is 1. The third-order valence-electron chi connectivity index (χ3n) is 13.1. The summed E-state index contributed by atoms with van der Waals surface area (Å²) in [7, 11) is -4.56. The number of carbonyl (C=O) groups is 1. The second kappa shape index (κ2) is 18.4. The van der Waals surface area contributed by atoms with Gasteiger partial charge >= 0.3 is 0 Å². The van der Waals surface area contributed by atoms with Gasteiger partial charge in [-0.15, -0.1) is 0 Å². The van der Waals surface area contributed by atoms with Crippen molar-refractivity contribution < 1.29 is 31.8 Å². The molecule has 3 saturated heterocycles. The van der Waals surface area contributed by atoms with Gasteiger partial charge in [-0.05, 0) is 91.1 Å². The van der Waals surface area contributed by atoms with Crippen LogP contribution in [0.15, 0.2) is 89.7 Å². The predicted octanol–water partition coefficient (Wildman–Crippen LogP) is 7.76. The molecule has 0 bridgehead atoms. The zero-order valence-corrected chi connectivity index (χ0v) is 38.1. The zero-order chi connectivity index (χ0) is 45.3. The summed E-state index contributed by atoms with van der Waals surface area (Å²) < 4.78 is 62.5. The van der Waals surface area contributed by atoms with E-state index in [0.29, 0.717) is 43.7 Å². The number of nitriles is 1. The number of halogens is 2. The molecule has 0 atom stereocenters. The number of hydrogen-bond acceptors (Lipinski definition) is 12. The lowest BCUT2D eigenvalue weighted by Crippen LogP contribution is -2.55. The lowest BCUT2D eigenvalue weighted by molar-refractivity contribution is -0.0892. The van der Waals surface area contributed by atoms with Crippen LogP contribution in [-0.4, -0.2) is 116 Å². The highest BCUT2D eigenvalue weighted by Crippen LogP contribution is 2.43. The lowest BCUT2D eigenvalue weighted by atomic mass is 9.72. The molecule has 1 amide bonds. The maximum absolute atomic E-state index is 15.7. The molecule has 0 unspecified atom stereocenters. The Morgan fingerprint density at radius 2 is 1.77 bits per heavy atom. The number of pyridine rings is 2. The summed E-state index contributed by atoms with van der Waals surface area (Å²) in [6, 6.07) is 20.1. The molecule has 2 N–H and O–H groups in total. The maximum Gasteiger partial charge on any atom is 0.268 e. The number of ether oxygens (including phenoxy) is 3. The van der Waals surface area contributed by atoms with Crippen LogP contribution in [0.25, 0.3) is 16.6 Å². The predicted molar refractivity (Wildman–Crippen MR) is 246 cm³/mol. The van der Waals surface area contributed by atoms with Crippen molar-refractivity contribution in [2.45, 2.75) is 62.6 Å². The van der Waals surface area contributed by atoms with E-state index in [0.717, 1.165) is 80.3 Å². The maximum atomic E-state index is 15.7. The smallest absolute Gasteiger partial charge is 0.268 e. The molecule has 2 aromatic carbocycles. The zero-order valence-electron chi connectivity index (χ0n) is 36.5. The number of hydrogen-bond donors (Lipinski definition) is 2. The number of fused-ring (bicyclic) bond motifs is 1. The van der Waals surface area contributed by atoms with E-state index >= 15 is 4.39 Å². The van der Waals surface area contributed by atoms with Gasteiger partial charge in [0, 0.05) is 74.2 Å². The Morgan fingerprint density at radius 3 is 2.49 bits per heavy atom. The quantitative estimate of drug-likeness (QED) is 0.118. The average Bonchev–Trinajstić information content (AvgIpc) is 3.75. The minimum atomic E-state index is -4.56. The number of carbonyl (C=O) groups excluding carboxylic acids is 1. The number of allylic oxidation sites excluding steroid dienone is 1. The summed E-state index contributed by atoms with van der Waals surface area (Å²) >= 11 is 6.25. The fourth-order valence-electron chi connectivity index (χ4n) is 9.06. The molecule has 3 fully saturated rings. The van der Waals surface area contributed by atoms with Crippen molar-refractivity contribution in [3.63, 3.8) is 0 Å². The van der Waals surface area contributed by atoms with Gasteiger partial charge in [-0.25, -0.2) is 27.5 Å². The third kappa shape index (κ3) is 10.1. The minimum absolute atomic E-state index is 0.0374. The molecule has 4 aliphatic rings. The van der Waals surface area contributed by atoms with Gasteiger partial charge in [0.2, 0.25) is 5.88 Å². The Balaban J connectivity index is 0.897. The second-order valence-corrected chi connectivity index (χ2v) is 20.4. The summed E-state index contributed by atoms with van der Waals surface area (Å²) in [5.74, 6) is -0.667. The van der Waals surface area contributed by atoms with Crippen LogP contribution in [0.5, 0.6) is 17.4 Å². The van der Waals surface area contributed by atoms with Crippen LogP contribution < -0.4 is 19.1 Å². The van der Waals surface area contributed by atoms with Crippen LogP contribution >= 0.6 is 11.6 Å². The van der Waals surface area contributed by atoms with Gasteiger partial charge in [-0.2, -0.15) is 5.26 Å². The van der Waals surface area contributed by atoms with Gasteiger partial charge in [0.1, 0.15) is 45.9 Å². The number of benzene rings is 2. The summed E-state index contributed by atoms with van der Waals surface area (Å²) in [6.07, 6.45) is 7.95. The number of anilines is 1. The summed E-state index contributed by atoms with van der Waals surface area (Å²) in [5.41, 5.74) is 3.91. The first-order chi connectivity index (χ1) is 31.2. The molecule has 65 heavy (non-hydrogen) atoms. The molecule has 1 aliphatic carbocycles. The number of piperidine rings is 1. The molecule has 0 radical (unpaired) electrons. The number of piperazine rings is 1. The fraction of sp³-hybridized carbons (Fsp3) is 0.417. The van der Waals surface area contributed by atoms with Gasteiger partial charge in [0.15, 0.2) is 0 Å². The SMILES string of the molecule is CC1(C)CCC(CN2CCN(c3ccc(C(=O)NS(=O)(=O)c4cnc(OCC5(F)CCN(C6COC6)CC5)c(C#N)c4)c(Oc4cnc5[nH]ccc5c4)c3)CC2)=C(c2ccc(Cl)cc2)C1. The van der Waals surface area contributed by atoms with Crippen molar-refractivity contribution in [1.29, 1.82) is 5.26 Å². The van der Waals surface area contributed by atoms with Crippen molar-refractivity contribution in [2.24, 2.45) is 5.41 Å². The highest BCUT2D eigenvalue weighted by atomic mass is 35.5. The number of H-pyrrole nitrogens is 1. The van der Waals surface area contributed by atoms with E-state index in [4.69, 9.17) is 25.8 Å². The summed E-state index contributed by atoms with van der Waals surface area (Å²) in [6.45, 7) is 10.7. The number of aromatic amines is 1. The number of likely N-dealkylation sites (tertiary alicyclic amines) is 1. The Labute approximate surface area is 383 Å². The number of nitrogens with one attached hydrogen (secondary N) is 2. The monoisotopic (exact) mass is 922 g/mol. The Kier molecular flexibility index (Phi) is 12.6. The van der Waals surface area contributed by atoms with Crippen molar-refractivity contribution in [2.75, 3.05) is 70.5 Å². The molecule has 17 heteroatoms. The lowest BCUT2D eigenvalue weighted by Gasteiger charge is -2.43. The topological polar surface area (TPSA) is 166 Å². The van der Waals surface area contributed by atoms with Gasteiger partial charge < -0.3 is 24.1 Å². The van der Waals surface area contributed by atoms with E-state index in [1.807, 2.05) is 24.3 Å². The second-order valence-electron chi connectivity index (χ2n) is 18.3. The number of nitrogens with zero attached hydrogens (tertiary/aromatic N) is 6. The van der Waals surface area contributed by atoms with Crippen LogP contribution in [-0.2, 0) is 14.8 Å². The van der Waals surface area contributed by atoms with Crippen LogP contribution in [0.4, 0.5) is 10.1 Å². The van der Waals surface area contributed by atoms with E-state index in [1.54, 1.807) is 30.5 Å². The average molecular weight is 924 g/mol. The highest BCUT2D eigenvalue weighted by molar-refractivity contribution is 7.90. The number of amides is 1. The normalized spacial score (nSPS) is 19.4.